The highest BCUT2D eigenvalue weighted by molar-refractivity contribution is 5.71. The average Bonchev–Trinajstić information content (AvgIpc) is 2.91. The van der Waals surface area contributed by atoms with Gasteiger partial charge in [0, 0.05) is 18.0 Å². The number of aryl methyl sites for hydroxylation is 3. The van der Waals surface area contributed by atoms with Gasteiger partial charge in [-0.25, -0.2) is 4.98 Å². The summed E-state index contributed by atoms with van der Waals surface area (Å²) in [4.78, 5) is 4.71. The summed E-state index contributed by atoms with van der Waals surface area (Å²) in [5.41, 5.74) is 14.0. The molecular formula is C18H19N3. The number of hydrogen-bond donors (Lipinski definition) is 1. The van der Waals surface area contributed by atoms with E-state index in [-0.39, 0.29) is 0 Å². The predicted molar refractivity (Wildman–Crippen MR) is 86.4 cm³/mol. The first kappa shape index (κ1) is 12.5. The lowest BCUT2D eigenvalue weighted by Gasteiger charge is -2.15. The molecule has 4 rings (SSSR count). The lowest BCUT2D eigenvalue weighted by Crippen LogP contribution is -2.02. The molecule has 0 spiro atoms. The highest BCUT2D eigenvalue weighted by Crippen LogP contribution is 2.28. The number of hydrogen-bond acceptors (Lipinski definition) is 2. The van der Waals surface area contributed by atoms with Gasteiger partial charge in [-0.3, -0.25) is 0 Å². The number of aromatic nitrogens is 2. The summed E-state index contributed by atoms with van der Waals surface area (Å²) in [6.07, 6.45) is 9.17. The van der Waals surface area contributed by atoms with Crippen LogP contribution in [-0.2, 0) is 12.8 Å². The van der Waals surface area contributed by atoms with Gasteiger partial charge in [-0.05, 0) is 61.4 Å². The molecule has 3 aromatic rings. The third kappa shape index (κ3) is 2.09. The summed E-state index contributed by atoms with van der Waals surface area (Å²) >= 11 is 0. The summed E-state index contributed by atoms with van der Waals surface area (Å²) in [7, 11) is 0. The summed E-state index contributed by atoms with van der Waals surface area (Å²) in [5.74, 6) is 0. The van der Waals surface area contributed by atoms with Crippen molar-refractivity contribution >= 4 is 11.3 Å². The summed E-state index contributed by atoms with van der Waals surface area (Å²) in [5, 5.41) is 0. The molecule has 3 nitrogen and oxygen atoms in total. The van der Waals surface area contributed by atoms with Gasteiger partial charge >= 0.3 is 0 Å². The Hall–Kier alpha value is -2.29. The molecule has 0 saturated heterocycles. The number of imidazole rings is 1. The molecule has 1 aliphatic rings. The molecule has 1 aromatic carbocycles. The van der Waals surface area contributed by atoms with Crippen LogP contribution < -0.4 is 5.73 Å². The van der Waals surface area contributed by atoms with E-state index in [4.69, 9.17) is 10.7 Å². The standard InChI is InChI=1S/C18H19N3/c1-12-8-16(19)18-20-17(11-21(18)10-12)15-7-6-13-4-2-3-5-14(13)9-15/h6-11H,2-5,19H2,1H3. The predicted octanol–water partition coefficient (Wildman–Crippen LogP) is 3.77. The zero-order valence-electron chi connectivity index (χ0n) is 12.3. The van der Waals surface area contributed by atoms with Gasteiger partial charge < -0.3 is 10.1 Å². The molecule has 3 heteroatoms. The molecule has 106 valence electrons. The van der Waals surface area contributed by atoms with Crippen LogP contribution in [0.3, 0.4) is 0 Å². The molecule has 0 bridgehead atoms. The normalized spacial score (nSPS) is 14.3. The molecule has 0 unspecified atom stereocenters. The fourth-order valence-corrected chi connectivity index (χ4v) is 3.30. The van der Waals surface area contributed by atoms with Crippen molar-refractivity contribution in [2.75, 3.05) is 5.73 Å². The van der Waals surface area contributed by atoms with Crippen LogP contribution in [0.1, 0.15) is 29.5 Å². The van der Waals surface area contributed by atoms with Crippen LogP contribution >= 0.6 is 0 Å². The first-order valence-corrected chi connectivity index (χ1v) is 7.58. The Morgan fingerprint density at radius 1 is 1.05 bits per heavy atom. The minimum absolute atomic E-state index is 0.735. The van der Waals surface area contributed by atoms with Crippen molar-refractivity contribution in [1.82, 2.24) is 9.38 Å². The van der Waals surface area contributed by atoms with E-state index in [2.05, 4.69) is 30.6 Å². The maximum absolute atomic E-state index is 6.08. The van der Waals surface area contributed by atoms with Crippen molar-refractivity contribution in [2.45, 2.75) is 32.6 Å². The van der Waals surface area contributed by atoms with Gasteiger partial charge in [0.15, 0.2) is 5.65 Å². The summed E-state index contributed by atoms with van der Waals surface area (Å²) < 4.78 is 2.03. The van der Waals surface area contributed by atoms with E-state index in [1.807, 2.05) is 17.4 Å². The summed E-state index contributed by atoms with van der Waals surface area (Å²) in [6, 6.07) is 8.73. The number of pyridine rings is 1. The minimum Gasteiger partial charge on any atom is -0.396 e. The Kier molecular flexibility index (Phi) is 2.74. The third-order valence-electron chi connectivity index (χ3n) is 4.36. The first-order chi connectivity index (χ1) is 10.2. The molecule has 1 aliphatic carbocycles. The first-order valence-electron chi connectivity index (χ1n) is 7.58. The molecule has 0 amide bonds. The average molecular weight is 277 g/mol. The van der Waals surface area contributed by atoms with Crippen molar-refractivity contribution in [3.8, 4) is 11.3 Å². The van der Waals surface area contributed by atoms with Gasteiger partial charge in [0.05, 0.1) is 11.4 Å². The summed E-state index contributed by atoms with van der Waals surface area (Å²) in [6.45, 7) is 2.05. The number of rotatable bonds is 1. The highest BCUT2D eigenvalue weighted by atomic mass is 15.0. The number of nitrogens with zero attached hydrogens (tertiary/aromatic N) is 2. The Morgan fingerprint density at radius 2 is 1.86 bits per heavy atom. The molecular weight excluding hydrogens is 258 g/mol. The highest BCUT2D eigenvalue weighted by Gasteiger charge is 2.12. The van der Waals surface area contributed by atoms with Crippen molar-refractivity contribution in [3.05, 3.63) is 53.3 Å². The van der Waals surface area contributed by atoms with Crippen molar-refractivity contribution in [3.63, 3.8) is 0 Å². The fraction of sp³-hybridized carbons (Fsp3) is 0.278. The molecule has 2 aromatic heterocycles. The van der Waals surface area contributed by atoms with E-state index in [0.29, 0.717) is 0 Å². The maximum atomic E-state index is 6.08. The van der Waals surface area contributed by atoms with Crippen LogP contribution in [0, 0.1) is 6.92 Å². The van der Waals surface area contributed by atoms with Gasteiger partial charge in [0.1, 0.15) is 0 Å². The van der Waals surface area contributed by atoms with Crippen LogP contribution in [0.4, 0.5) is 5.69 Å². The molecule has 2 N–H and O–H groups in total. The van der Waals surface area contributed by atoms with E-state index in [1.54, 1.807) is 0 Å². The monoisotopic (exact) mass is 277 g/mol. The van der Waals surface area contributed by atoms with Crippen LogP contribution in [0.2, 0.25) is 0 Å². The van der Waals surface area contributed by atoms with Crippen LogP contribution in [0.25, 0.3) is 16.9 Å². The quantitative estimate of drug-likeness (QED) is 0.735. The van der Waals surface area contributed by atoms with Crippen molar-refractivity contribution in [1.29, 1.82) is 0 Å². The lowest BCUT2D eigenvalue weighted by molar-refractivity contribution is 0.686. The van der Waals surface area contributed by atoms with E-state index < -0.39 is 0 Å². The molecule has 21 heavy (non-hydrogen) atoms. The van der Waals surface area contributed by atoms with Crippen molar-refractivity contribution in [2.24, 2.45) is 0 Å². The number of fused-ring (bicyclic) bond motifs is 2. The number of anilines is 1. The zero-order valence-corrected chi connectivity index (χ0v) is 12.3. The Balaban J connectivity index is 1.84. The third-order valence-corrected chi connectivity index (χ3v) is 4.36. The minimum atomic E-state index is 0.735. The smallest absolute Gasteiger partial charge is 0.160 e. The molecule has 0 radical (unpaired) electrons. The molecule has 0 fully saturated rings. The Bertz CT molecular complexity index is 830. The largest absolute Gasteiger partial charge is 0.396 e. The Labute approximate surface area is 124 Å². The SMILES string of the molecule is Cc1cc(N)c2nc(-c3ccc4c(c3)CCCC4)cn2c1. The van der Waals surface area contributed by atoms with Gasteiger partial charge in [-0.2, -0.15) is 0 Å². The molecule has 2 heterocycles. The van der Waals surface area contributed by atoms with Gasteiger partial charge in [0.2, 0.25) is 0 Å². The zero-order chi connectivity index (χ0) is 14.4. The topological polar surface area (TPSA) is 43.3 Å². The number of benzene rings is 1. The fourth-order valence-electron chi connectivity index (χ4n) is 3.30. The van der Waals surface area contributed by atoms with Crippen LogP contribution in [0.15, 0.2) is 36.7 Å². The van der Waals surface area contributed by atoms with Gasteiger partial charge in [-0.15, -0.1) is 0 Å². The second-order valence-electron chi connectivity index (χ2n) is 6.02. The lowest BCUT2D eigenvalue weighted by atomic mass is 9.90. The molecule has 0 atom stereocenters. The van der Waals surface area contributed by atoms with E-state index in [1.165, 1.54) is 42.4 Å². The van der Waals surface area contributed by atoms with E-state index >= 15 is 0 Å². The van der Waals surface area contributed by atoms with Gasteiger partial charge in [-0.1, -0.05) is 12.1 Å². The molecule has 0 saturated carbocycles. The second-order valence-corrected chi connectivity index (χ2v) is 6.02. The Morgan fingerprint density at radius 3 is 2.71 bits per heavy atom. The number of nitrogens with two attached hydrogens (primary N) is 1. The second kappa shape index (κ2) is 4.62. The molecule has 0 aliphatic heterocycles. The maximum Gasteiger partial charge on any atom is 0.160 e. The van der Waals surface area contributed by atoms with Crippen LogP contribution in [0.5, 0.6) is 0 Å². The van der Waals surface area contributed by atoms with E-state index in [0.717, 1.165) is 22.6 Å². The van der Waals surface area contributed by atoms with Crippen LogP contribution in [-0.4, -0.2) is 9.38 Å². The van der Waals surface area contributed by atoms with Crippen molar-refractivity contribution < 1.29 is 0 Å². The van der Waals surface area contributed by atoms with E-state index in [9.17, 15) is 0 Å². The number of nitrogen functional groups attached to an aromatic ring is 1. The van der Waals surface area contributed by atoms with Gasteiger partial charge in [0.25, 0.3) is 0 Å².